The second kappa shape index (κ2) is 9.47. The number of nitrogens with one attached hydrogen (secondary N) is 1. The molecule has 4 rings (SSSR count). The largest absolute Gasteiger partial charge is 0.497 e. The monoisotopic (exact) mass is 422 g/mol. The van der Waals surface area contributed by atoms with E-state index in [0.29, 0.717) is 16.2 Å². The Morgan fingerprint density at radius 2 is 1.90 bits per heavy atom. The Bertz CT molecular complexity index is 936. The first-order valence-electron chi connectivity index (χ1n) is 10.5. The number of benzene rings is 1. The van der Waals surface area contributed by atoms with Crippen molar-refractivity contribution in [3.8, 4) is 5.75 Å². The molecule has 1 aromatic rings. The van der Waals surface area contributed by atoms with Crippen LogP contribution >= 0.6 is 11.8 Å². The minimum absolute atomic E-state index is 0.0540. The van der Waals surface area contributed by atoms with Crippen molar-refractivity contribution in [3.05, 3.63) is 58.5 Å². The number of ether oxygens (including phenoxy) is 1. The highest BCUT2D eigenvalue weighted by Gasteiger charge is 2.28. The third-order valence-electron chi connectivity index (χ3n) is 5.61. The number of hydrogen-bond donors (Lipinski definition) is 1. The van der Waals surface area contributed by atoms with Gasteiger partial charge < -0.3 is 10.1 Å². The number of carbonyl (C=O) groups is 2. The third-order valence-corrected chi connectivity index (χ3v) is 6.81. The van der Waals surface area contributed by atoms with Crippen LogP contribution in [0.15, 0.2) is 58.0 Å². The van der Waals surface area contributed by atoms with E-state index in [2.05, 4.69) is 10.3 Å². The number of fused-ring (bicyclic) bond motifs is 1. The summed E-state index contributed by atoms with van der Waals surface area (Å²) >= 11 is 1.47. The van der Waals surface area contributed by atoms with Gasteiger partial charge in [-0.15, -0.1) is 11.8 Å². The molecule has 0 bridgehead atoms. The van der Waals surface area contributed by atoms with E-state index in [4.69, 9.17) is 4.74 Å². The van der Waals surface area contributed by atoms with Crippen molar-refractivity contribution in [1.29, 1.82) is 0 Å². The standard InChI is InChI=1S/C24H26N2O3S/c1-29-19-11-8-16(9-12-19)14-22-24(28)26-20-15-17(10-13-21(20)30-22)23(27)25-18-6-4-2-3-5-7-18/h8-15,18,21H,2-7H2,1H3,(H,25,27)/b22-14+. The summed E-state index contributed by atoms with van der Waals surface area (Å²) in [6.07, 6.45) is 14.3. The molecule has 0 saturated heterocycles. The number of thioether (sulfide) groups is 1. The van der Waals surface area contributed by atoms with Crippen molar-refractivity contribution in [3.63, 3.8) is 0 Å². The molecule has 3 aliphatic rings. The lowest BCUT2D eigenvalue weighted by atomic mass is 10.0. The predicted octanol–water partition coefficient (Wildman–Crippen LogP) is 4.45. The molecule has 1 N–H and O–H groups in total. The van der Waals surface area contributed by atoms with Crippen molar-refractivity contribution >= 4 is 35.4 Å². The van der Waals surface area contributed by atoms with Crippen LogP contribution in [0.4, 0.5) is 0 Å². The Hall–Kier alpha value is -2.60. The van der Waals surface area contributed by atoms with Crippen LogP contribution in [0.3, 0.4) is 0 Å². The quantitative estimate of drug-likeness (QED) is 0.575. The third kappa shape index (κ3) is 4.93. The second-order valence-corrected chi connectivity index (χ2v) is 8.97. The first-order chi connectivity index (χ1) is 14.6. The number of amides is 2. The van der Waals surface area contributed by atoms with Gasteiger partial charge in [-0.05, 0) is 42.7 Å². The molecule has 1 saturated carbocycles. The van der Waals surface area contributed by atoms with E-state index in [1.807, 2.05) is 42.5 Å². The molecule has 1 aromatic carbocycles. The fourth-order valence-corrected chi connectivity index (χ4v) is 4.94. The molecule has 2 aliphatic carbocycles. The molecule has 0 radical (unpaired) electrons. The van der Waals surface area contributed by atoms with Crippen LogP contribution in [0, 0.1) is 0 Å². The molecule has 30 heavy (non-hydrogen) atoms. The summed E-state index contributed by atoms with van der Waals surface area (Å²) in [4.78, 5) is 30.1. The van der Waals surface area contributed by atoms with Gasteiger partial charge in [-0.1, -0.05) is 50.0 Å². The van der Waals surface area contributed by atoms with E-state index in [0.717, 1.165) is 24.2 Å². The Labute approximate surface area is 181 Å². The van der Waals surface area contributed by atoms with Gasteiger partial charge in [-0.2, -0.15) is 0 Å². The van der Waals surface area contributed by atoms with Crippen LogP contribution in [-0.2, 0) is 9.59 Å². The van der Waals surface area contributed by atoms with Crippen LogP contribution < -0.4 is 10.1 Å². The fourth-order valence-electron chi connectivity index (χ4n) is 3.92. The molecule has 1 fully saturated rings. The highest BCUT2D eigenvalue weighted by atomic mass is 32.2. The highest BCUT2D eigenvalue weighted by Crippen LogP contribution is 2.34. The maximum atomic E-state index is 12.7. The zero-order valence-electron chi connectivity index (χ0n) is 17.1. The summed E-state index contributed by atoms with van der Waals surface area (Å²) in [6.45, 7) is 0. The van der Waals surface area contributed by atoms with Crippen LogP contribution in [0.5, 0.6) is 5.75 Å². The topological polar surface area (TPSA) is 67.8 Å². The minimum atomic E-state index is -0.267. The zero-order chi connectivity index (χ0) is 20.9. The zero-order valence-corrected chi connectivity index (χ0v) is 17.9. The van der Waals surface area contributed by atoms with Gasteiger partial charge in [0.15, 0.2) is 0 Å². The lowest BCUT2D eigenvalue weighted by molar-refractivity contribution is -0.118. The van der Waals surface area contributed by atoms with Crippen molar-refractivity contribution in [2.45, 2.75) is 49.8 Å². The van der Waals surface area contributed by atoms with E-state index in [1.54, 1.807) is 13.2 Å². The Morgan fingerprint density at radius 3 is 2.60 bits per heavy atom. The molecule has 6 heteroatoms. The lowest BCUT2D eigenvalue weighted by Crippen LogP contribution is -2.36. The molecular formula is C24H26N2O3S. The summed E-state index contributed by atoms with van der Waals surface area (Å²) in [5.74, 6) is 0.434. The summed E-state index contributed by atoms with van der Waals surface area (Å²) in [7, 11) is 1.62. The normalized spacial score (nSPS) is 23.3. The van der Waals surface area contributed by atoms with Crippen LogP contribution in [0.1, 0.15) is 44.1 Å². The molecule has 2 amide bonds. The van der Waals surface area contributed by atoms with Crippen molar-refractivity contribution in [2.75, 3.05) is 7.11 Å². The Morgan fingerprint density at radius 1 is 1.17 bits per heavy atom. The van der Waals surface area contributed by atoms with E-state index < -0.39 is 0 Å². The highest BCUT2D eigenvalue weighted by molar-refractivity contribution is 8.05. The summed E-state index contributed by atoms with van der Waals surface area (Å²) in [5, 5.41) is 3.11. The summed E-state index contributed by atoms with van der Waals surface area (Å²) in [5.41, 5.74) is 2.14. The van der Waals surface area contributed by atoms with Crippen molar-refractivity contribution < 1.29 is 14.3 Å². The van der Waals surface area contributed by atoms with Gasteiger partial charge >= 0.3 is 0 Å². The number of aliphatic imine (C=N–C) groups is 1. The molecular weight excluding hydrogens is 396 g/mol. The number of methoxy groups -OCH3 is 1. The fraction of sp³-hybridized carbons (Fsp3) is 0.375. The van der Waals surface area contributed by atoms with E-state index in [1.165, 1.54) is 37.4 Å². The number of nitrogens with zero attached hydrogens (tertiary/aromatic N) is 1. The molecule has 1 heterocycles. The molecule has 1 unspecified atom stereocenters. The summed E-state index contributed by atoms with van der Waals surface area (Å²) < 4.78 is 5.17. The summed E-state index contributed by atoms with van der Waals surface area (Å²) in [6, 6.07) is 7.79. The molecule has 5 nitrogen and oxygen atoms in total. The van der Waals surface area contributed by atoms with Gasteiger partial charge in [-0.25, -0.2) is 4.99 Å². The molecule has 156 valence electrons. The number of carbonyl (C=O) groups excluding carboxylic acids is 2. The van der Waals surface area contributed by atoms with E-state index in [9.17, 15) is 9.59 Å². The number of hydrogen-bond acceptors (Lipinski definition) is 4. The smallest absolute Gasteiger partial charge is 0.283 e. The van der Waals surface area contributed by atoms with Gasteiger partial charge in [0.2, 0.25) is 0 Å². The van der Waals surface area contributed by atoms with Gasteiger partial charge in [0.05, 0.1) is 23.0 Å². The van der Waals surface area contributed by atoms with Gasteiger partial charge in [0, 0.05) is 11.6 Å². The predicted molar refractivity (Wildman–Crippen MR) is 122 cm³/mol. The SMILES string of the molecule is COc1ccc(/C=C2/SC3C=CC(C(=O)NC4CCCCCC4)=CC3=NC2=O)cc1. The minimum Gasteiger partial charge on any atom is -0.497 e. The van der Waals surface area contributed by atoms with Crippen molar-refractivity contribution in [2.24, 2.45) is 4.99 Å². The van der Waals surface area contributed by atoms with Crippen LogP contribution in [0.2, 0.25) is 0 Å². The van der Waals surface area contributed by atoms with E-state index >= 15 is 0 Å². The van der Waals surface area contributed by atoms with E-state index in [-0.39, 0.29) is 23.1 Å². The second-order valence-electron chi connectivity index (χ2n) is 7.78. The molecule has 1 atom stereocenters. The van der Waals surface area contributed by atoms with Gasteiger partial charge in [-0.3, -0.25) is 9.59 Å². The Kier molecular flexibility index (Phi) is 6.53. The van der Waals surface area contributed by atoms with Gasteiger partial charge in [0.1, 0.15) is 5.75 Å². The van der Waals surface area contributed by atoms with Crippen LogP contribution in [0.25, 0.3) is 6.08 Å². The van der Waals surface area contributed by atoms with Crippen molar-refractivity contribution in [1.82, 2.24) is 5.32 Å². The number of allylic oxidation sites excluding steroid dienone is 1. The molecule has 0 spiro atoms. The Balaban J connectivity index is 1.46. The first-order valence-corrected chi connectivity index (χ1v) is 11.4. The average Bonchev–Trinajstić information content (AvgIpc) is 3.03. The average molecular weight is 423 g/mol. The number of rotatable bonds is 4. The molecule has 1 aliphatic heterocycles. The maximum absolute atomic E-state index is 12.7. The first kappa shape index (κ1) is 20.7. The molecule has 0 aromatic heterocycles. The van der Waals surface area contributed by atoms with Gasteiger partial charge in [0.25, 0.3) is 11.8 Å². The van der Waals surface area contributed by atoms with Crippen LogP contribution in [-0.4, -0.2) is 35.9 Å². The maximum Gasteiger partial charge on any atom is 0.283 e. The lowest BCUT2D eigenvalue weighted by Gasteiger charge is -2.23.